The second kappa shape index (κ2) is 9.20. The third-order valence-electron chi connectivity index (χ3n) is 4.46. The van der Waals surface area contributed by atoms with Gasteiger partial charge in [0.25, 0.3) is 6.43 Å². The van der Waals surface area contributed by atoms with Gasteiger partial charge in [-0.1, -0.05) is 0 Å². The third-order valence-corrected chi connectivity index (χ3v) is 4.46. The Morgan fingerprint density at radius 1 is 1.03 bits per heavy atom. The third kappa shape index (κ3) is 4.63. The minimum absolute atomic E-state index is 0.133. The maximum atomic E-state index is 13.6. The van der Waals surface area contributed by atoms with Gasteiger partial charge in [0.05, 0.1) is 20.8 Å². The zero-order valence-electron chi connectivity index (χ0n) is 17.1. The Balaban J connectivity index is 2.10. The summed E-state index contributed by atoms with van der Waals surface area (Å²) in [5.41, 5.74) is -1.59. The Labute approximate surface area is 178 Å². The lowest BCUT2D eigenvalue weighted by atomic mass is 10.1. The number of nitrogens with one attached hydrogen (secondary N) is 1. The van der Waals surface area contributed by atoms with Crippen molar-refractivity contribution in [2.24, 2.45) is 0 Å². The molecule has 2 aromatic carbocycles. The second-order valence-corrected chi connectivity index (χ2v) is 6.60. The fourth-order valence-electron chi connectivity index (χ4n) is 2.88. The van der Waals surface area contributed by atoms with Gasteiger partial charge < -0.3 is 14.8 Å². The first-order valence-corrected chi connectivity index (χ1v) is 9.04. The molecule has 0 saturated heterocycles. The van der Waals surface area contributed by atoms with Crippen LogP contribution in [0.5, 0.6) is 11.5 Å². The van der Waals surface area contributed by atoms with E-state index in [1.165, 1.54) is 20.3 Å². The number of methoxy groups -OCH3 is 2. The molecule has 0 unspecified atom stereocenters. The molecule has 0 aliphatic carbocycles. The Morgan fingerprint density at radius 3 is 2.19 bits per heavy atom. The van der Waals surface area contributed by atoms with E-state index in [0.717, 1.165) is 4.68 Å². The van der Waals surface area contributed by atoms with Gasteiger partial charge in [-0.3, -0.25) is 4.79 Å². The van der Waals surface area contributed by atoms with Crippen molar-refractivity contribution in [3.63, 3.8) is 0 Å². The minimum atomic E-state index is -3.24. The van der Waals surface area contributed by atoms with Crippen molar-refractivity contribution in [2.45, 2.75) is 19.9 Å². The van der Waals surface area contributed by atoms with Gasteiger partial charge in [0.15, 0.2) is 34.6 Å². The van der Waals surface area contributed by atoms with Gasteiger partial charge in [-0.25, -0.2) is 26.6 Å². The molecule has 0 radical (unpaired) electrons. The zero-order chi connectivity index (χ0) is 23.6. The van der Waals surface area contributed by atoms with Gasteiger partial charge >= 0.3 is 5.56 Å². The van der Waals surface area contributed by atoms with E-state index in [4.69, 9.17) is 9.47 Å². The lowest BCUT2D eigenvalue weighted by Crippen LogP contribution is -2.25. The van der Waals surface area contributed by atoms with E-state index in [-0.39, 0.29) is 11.5 Å². The van der Waals surface area contributed by atoms with Crippen LogP contribution in [0.25, 0.3) is 0 Å². The molecule has 32 heavy (non-hydrogen) atoms. The molecule has 7 nitrogen and oxygen atoms in total. The molecule has 0 fully saturated rings. The van der Waals surface area contributed by atoms with E-state index in [0.29, 0.717) is 34.9 Å². The number of nitrogens with zero attached hydrogens (tertiary/aromatic N) is 3. The van der Waals surface area contributed by atoms with Crippen molar-refractivity contribution < 1.29 is 31.4 Å². The van der Waals surface area contributed by atoms with E-state index in [1.54, 1.807) is 13.0 Å². The summed E-state index contributed by atoms with van der Waals surface area (Å²) < 4.78 is 78.1. The Bertz CT molecular complexity index is 1190. The van der Waals surface area contributed by atoms with Crippen molar-refractivity contribution in [1.29, 1.82) is 0 Å². The molecule has 0 saturated carbocycles. The van der Waals surface area contributed by atoms with Gasteiger partial charge in [0.1, 0.15) is 0 Å². The summed E-state index contributed by atoms with van der Waals surface area (Å²) >= 11 is 0. The number of ether oxygens (including phenoxy) is 2. The van der Waals surface area contributed by atoms with E-state index in [1.807, 2.05) is 0 Å². The fourth-order valence-corrected chi connectivity index (χ4v) is 2.88. The first kappa shape index (κ1) is 23.0. The van der Waals surface area contributed by atoms with Gasteiger partial charge in [-0.2, -0.15) is 10.1 Å². The average Bonchev–Trinajstić information content (AvgIpc) is 2.74. The molecule has 0 spiro atoms. The highest BCUT2D eigenvalue weighted by atomic mass is 19.3. The zero-order valence-corrected chi connectivity index (χ0v) is 17.1. The molecule has 0 amide bonds. The summed E-state index contributed by atoms with van der Waals surface area (Å²) in [6.07, 6.45) is -3.24. The smallest absolute Gasteiger partial charge is 0.302 e. The molecule has 12 heteroatoms. The monoisotopic (exact) mass is 456 g/mol. The normalized spacial score (nSPS) is 11.0. The molecular formula is C20H17F5N4O3. The predicted octanol–water partition coefficient (Wildman–Crippen LogP) is 4.11. The fraction of sp³-hybridized carbons (Fsp3) is 0.250. The van der Waals surface area contributed by atoms with E-state index < -0.39 is 41.7 Å². The highest BCUT2D eigenvalue weighted by Crippen LogP contribution is 2.34. The number of halogens is 5. The molecular weight excluding hydrogens is 439 g/mol. The van der Waals surface area contributed by atoms with Crippen LogP contribution in [0.1, 0.15) is 23.2 Å². The first-order chi connectivity index (χ1) is 15.1. The summed E-state index contributed by atoms with van der Waals surface area (Å²) in [7, 11) is 2.85. The van der Waals surface area contributed by atoms with Crippen LogP contribution in [0, 0.1) is 24.4 Å². The van der Waals surface area contributed by atoms with Crippen LogP contribution >= 0.6 is 0 Å². The molecule has 0 aliphatic heterocycles. The van der Waals surface area contributed by atoms with Crippen LogP contribution in [0.2, 0.25) is 0 Å². The van der Waals surface area contributed by atoms with Crippen LogP contribution in [-0.4, -0.2) is 29.0 Å². The summed E-state index contributed by atoms with van der Waals surface area (Å²) in [6.45, 7) is 1.20. The topological polar surface area (TPSA) is 78.3 Å². The van der Waals surface area contributed by atoms with Gasteiger partial charge in [0, 0.05) is 11.8 Å². The molecule has 3 aromatic rings. The molecule has 0 bridgehead atoms. The van der Waals surface area contributed by atoms with E-state index in [9.17, 15) is 26.7 Å². The summed E-state index contributed by atoms with van der Waals surface area (Å²) in [6, 6.07) is 4.51. The standard InChI is InChI=1S/C20H17F5N4O3/c1-9-4-14(31-2)15(32-3)7-13(9)26-20-27-19(30)17(18(24)25)28-29(20)8-10-5-11(21)16(23)12(22)6-10/h4-7,18H,8H2,1-3H3,(H,26,27,30). The van der Waals surface area contributed by atoms with Crippen LogP contribution in [0.3, 0.4) is 0 Å². The molecule has 0 aliphatic rings. The number of hydrogen-bond acceptors (Lipinski definition) is 6. The summed E-state index contributed by atoms with van der Waals surface area (Å²) in [5.74, 6) is -4.15. The molecule has 1 aromatic heterocycles. The van der Waals surface area contributed by atoms with E-state index >= 15 is 0 Å². The number of aryl methyl sites for hydroxylation is 1. The molecule has 1 N–H and O–H groups in total. The van der Waals surface area contributed by atoms with Crippen LogP contribution in [0.4, 0.5) is 33.6 Å². The largest absolute Gasteiger partial charge is 0.493 e. The van der Waals surface area contributed by atoms with Crippen molar-refractivity contribution in [1.82, 2.24) is 14.8 Å². The van der Waals surface area contributed by atoms with Crippen LogP contribution in [-0.2, 0) is 6.54 Å². The highest BCUT2D eigenvalue weighted by Gasteiger charge is 2.20. The number of rotatable bonds is 7. The maximum Gasteiger partial charge on any atom is 0.302 e. The first-order valence-electron chi connectivity index (χ1n) is 9.04. The van der Waals surface area contributed by atoms with Gasteiger partial charge in [0.2, 0.25) is 5.95 Å². The van der Waals surface area contributed by atoms with E-state index in [2.05, 4.69) is 15.4 Å². The van der Waals surface area contributed by atoms with Crippen LogP contribution in [0.15, 0.2) is 29.1 Å². The summed E-state index contributed by atoms with van der Waals surface area (Å²) in [4.78, 5) is 15.6. The Morgan fingerprint density at radius 2 is 1.62 bits per heavy atom. The Hall–Kier alpha value is -3.70. The summed E-state index contributed by atoms with van der Waals surface area (Å²) in [5, 5.41) is 6.37. The Kier molecular flexibility index (Phi) is 6.61. The van der Waals surface area contributed by atoms with Crippen molar-refractivity contribution in [2.75, 3.05) is 19.5 Å². The predicted molar refractivity (Wildman–Crippen MR) is 104 cm³/mol. The second-order valence-electron chi connectivity index (χ2n) is 6.60. The molecule has 1 heterocycles. The highest BCUT2D eigenvalue weighted by molar-refractivity contribution is 5.64. The molecule has 170 valence electrons. The average molecular weight is 456 g/mol. The van der Waals surface area contributed by atoms with Crippen molar-refractivity contribution in [3.8, 4) is 11.5 Å². The number of benzene rings is 2. The number of aromatic nitrogens is 3. The molecule has 3 rings (SSSR count). The number of alkyl halides is 2. The maximum absolute atomic E-state index is 13.6. The van der Waals surface area contributed by atoms with Gasteiger partial charge in [-0.15, -0.1) is 0 Å². The number of anilines is 2. The molecule has 0 atom stereocenters. The van der Waals surface area contributed by atoms with Gasteiger partial charge in [-0.05, 0) is 36.2 Å². The minimum Gasteiger partial charge on any atom is -0.493 e. The van der Waals surface area contributed by atoms with Crippen molar-refractivity contribution in [3.05, 3.63) is 68.9 Å². The quantitative estimate of drug-likeness (QED) is 0.426. The van der Waals surface area contributed by atoms with Crippen molar-refractivity contribution >= 4 is 11.6 Å². The lowest BCUT2D eigenvalue weighted by Gasteiger charge is -2.17. The van der Waals surface area contributed by atoms with Crippen LogP contribution < -0.4 is 20.3 Å². The lowest BCUT2D eigenvalue weighted by molar-refractivity contribution is 0.141. The SMILES string of the molecule is COc1cc(C)c(Nc2nc(=O)c(C(F)F)nn2Cc2cc(F)c(F)c(F)c2)cc1OC. The number of hydrogen-bond donors (Lipinski definition) is 1.